The molecule has 3 atom stereocenters. The Morgan fingerprint density at radius 3 is 2.86 bits per heavy atom. The zero-order valence-electron chi connectivity index (χ0n) is 13.1. The van der Waals surface area contributed by atoms with E-state index in [-0.39, 0.29) is 0 Å². The normalized spacial score (nSPS) is 38.7. The van der Waals surface area contributed by atoms with Crippen LogP contribution in [0.4, 0.5) is 0 Å². The molecule has 5 rings (SSSR count). The molecule has 0 N–H and O–H groups in total. The van der Waals surface area contributed by atoms with Gasteiger partial charge in [0.15, 0.2) is 0 Å². The van der Waals surface area contributed by atoms with Crippen molar-refractivity contribution in [1.29, 1.82) is 0 Å². The molecule has 0 amide bonds. The summed E-state index contributed by atoms with van der Waals surface area (Å²) in [7, 11) is 0. The monoisotopic (exact) mass is 281 g/mol. The van der Waals surface area contributed by atoms with Gasteiger partial charge < -0.3 is 0 Å². The Bertz CT molecular complexity index is 547. The van der Waals surface area contributed by atoms with Crippen molar-refractivity contribution >= 4 is 0 Å². The first-order chi connectivity index (χ1) is 10.4. The Morgan fingerprint density at radius 1 is 1.05 bits per heavy atom. The molecule has 1 aromatic rings. The van der Waals surface area contributed by atoms with Crippen molar-refractivity contribution in [2.75, 3.05) is 13.1 Å². The van der Waals surface area contributed by atoms with E-state index in [1.54, 1.807) is 11.1 Å². The highest BCUT2D eigenvalue weighted by Gasteiger charge is 2.53. The predicted molar refractivity (Wildman–Crippen MR) is 86.5 cm³/mol. The molecule has 1 saturated heterocycles. The molecule has 0 radical (unpaired) electrons. The molecule has 2 saturated carbocycles. The SMILES string of the molecule is c1ccc2c(c1)C[C@@H]1[C@@H]3CCCC[C@]23CCN1CC1CC1. The van der Waals surface area contributed by atoms with Crippen LogP contribution in [0.3, 0.4) is 0 Å². The van der Waals surface area contributed by atoms with E-state index in [4.69, 9.17) is 0 Å². The number of fused-ring (bicyclic) bond motifs is 1. The lowest BCUT2D eigenvalue weighted by atomic mass is 9.52. The van der Waals surface area contributed by atoms with Crippen molar-refractivity contribution in [3.63, 3.8) is 0 Å². The van der Waals surface area contributed by atoms with Crippen molar-refractivity contribution < 1.29 is 0 Å². The molecule has 112 valence electrons. The molecule has 1 heterocycles. The van der Waals surface area contributed by atoms with Gasteiger partial charge in [-0.25, -0.2) is 0 Å². The van der Waals surface area contributed by atoms with Crippen LogP contribution < -0.4 is 0 Å². The average molecular weight is 281 g/mol. The highest BCUT2D eigenvalue weighted by atomic mass is 15.2. The third kappa shape index (κ3) is 1.86. The summed E-state index contributed by atoms with van der Waals surface area (Å²) in [6.45, 7) is 2.77. The summed E-state index contributed by atoms with van der Waals surface area (Å²) in [6, 6.07) is 10.3. The number of hydrogen-bond donors (Lipinski definition) is 0. The van der Waals surface area contributed by atoms with Gasteiger partial charge in [0.25, 0.3) is 0 Å². The number of hydrogen-bond acceptors (Lipinski definition) is 1. The second-order valence-corrected chi connectivity index (χ2v) is 8.13. The minimum absolute atomic E-state index is 0.553. The van der Waals surface area contributed by atoms with E-state index in [1.807, 2.05) is 0 Å². The lowest BCUT2D eigenvalue weighted by Gasteiger charge is -2.59. The van der Waals surface area contributed by atoms with E-state index >= 15 is 0 Å². The molecule has 1 aromatic carbocycles. The Kier molecular flexibility index (Phi) is 2.77. The first-order valence-electron chi connectivity index (χ1n) is 9.19. The molecule has 1 heteroatoms. The van der Waals surface area contributed by atoms with Gasteiger partial charge in [-0.1, -0.05) is 37.1 Å². The maximum Gasteiger partial charge on any atom is 0.0173 e. The minimum atomic E-state index is 0.553. The fourth-order valence-electron chi connectivity index (χ4n) is 5.91. The summed E-state index contributed by atoms with van der Waals surface area (Å²) >= 11 is 0. The molecule has 0 aromatic heterocycles. The Morgan fingerprint density at radius 2 is 1.95 bits per heavy atom. The average Bonchev–Trinajstić information content (AvgIpc) is 3.34. The molecule has 3 aliphatic carbocycles. The number of likely N-dealkylation sites (tertiary alicyclic amines) is 1. The number of benzene rings is 1. The van der Waals surface area contributed by atoms with Crippen LogP contribution in [0, 0.1) is 11.8 Å². The molecule has 1 nitrogen and oxygen atoms in total. The Labute approximate surface area is 128 Å². The first kappa shape index (κ1) is 12.7. The second-order valence-electron chi connectivity index (χ2n) is 8.13. The fourth-order valence-corrected chi connectivity index (χ4v) is 5.91. The van der Waals surface area contributed by atoms with E-state index in [2.05, 4.69) is 29.2 Å². The van der Waals surface area contributed by atoms with Crippen LogP contribution in [-0.2, 0) is 11.8 Å². The van der Waals surface area contributed by atoms with Gasteiger partial charge in [0.2, 0.25) is 0 Å². The van der Waals surface area contributed by atoms with E-state index in [0.29, 0.717) is 5.41 Å². The quantitative estimate of drug-likeness (QED) is 0.787. The highest BCUT2D eigenvalue weighted by Crippen LogP contribution is 2.56. The third-order valence-electron chi connectivity index (χ3n) is 7.05. The van der Waals surface area contributed by atoms with E-state index < -0.39 is 0 Å². The van der Waals surface area contributed by atoms with Crippen molar-refractivity contribution in [1.82, 2.24) is 4.90 Å². The maximum absolute atomic E-state index is 2.90. The fraction of sp³-hybridized carbons (Fsp3) is 0.700. The molecule has 0 unspecified atom stereocenters. The molecule has 4 aliphatic rings. The van der Waals surface area contributed by atoms with Crippen LogP contribution in [0.5, 0.6) is 0 Å². The Balaban J connectivity index is 1.57. The van der Waals surface area contributed by atoms with Crippen LogP contribution in [-0.4, -0.2) is 24.0 Å². The van der Waals surface area contributed by atoms with E-state index in [0.717, 1.165) is 17.9 Å². The summed E-state index contributed by atoms with van der Waals surface area (Å²) in [5, 5.41) is 0. The third-order valence-corrected chi connectivity index (χ3v) is 7.05. The van der Waals surface area contributed by atoms with Crippen molar-refractivity contribution in [2.45, 2.75) is 62.8 Å². The number of piperidine rings is 1. The van der Waals surface area contributed by atoms with Crippen LogP contribution in [0.2, 0.25) is 0 Å². The van der Waals surface area contributed by atoms with Gasteiger partial charge in [0.1, 0.15) is 0 Å². The lowest BCUT2D eigenvalue weighted by Crippen LogP contribution is -2.61. The zero-order chi connectivity index (χ0) is 13.9. The van der Waals surface area contributed by atoms with E-state index in [9.17, 15) is 0 Å². The lowest BCUT2D eigenvalue weighted by molar-refractivity contribution is -0.0133. The molecule has 3 fully saturated rings. The minimum Gasteiger partial charge on any atom is -0.299 e. The van der Waals surface area contributed by atoms with Crippen molar-refractivity contribution in [2.24, 2.45) is 11.8 Å². The molecule has 21 heavy (non-hydrogen) atoms. The van der Waals surface area contributed by atoms with Gasteiger partial charge in [-0.3, -0.25) is 4.90 Å². The number of rotatable bonds is 2. The standard InChI is InChI=1S/C20H27N/c1-2-6-17-16(5-1)13-19-18-7-3-4-10-20(17,18)11-12-21(19)14-15-8-9-15/h1-2,5-6,15,18-19H,3-4,7-14H2/t18-,19+,20-/m0/s1. The highest BCUT2D eigenvalue weighted by molar-refractivity contribution is 5.41. The first-order valence-corrected chi connectivity index (χ1v) is 9.19. The van der Waals surface area contributed by atoms with Gasteiger partial charge in [0.05, 0.1) is 0 Å². The molecule has 1 aliphatic heterocycles. The summed E-state index contributed by atoms with van der Waals surface area (Å²) in [5.41, 5.74) is 3.98. The van der Waals surface area contributed by atoms with Crippen molar-refractivity contribution in [3.8, 4) is 0 Å². The summed E-state index contributed by atoms with van der Waals surface area (Å²) in [4.78, 5) is 2.90. The predicted octanol–water partition coefficient (Wildman–Crippen LogP) is 4.16. The molecule has 2 bridgehead atoms. The zero-order valence-corrected chi connectivity index (χ0v) is 13.1. The largest absolute Gasteiger partial charge is 0.299 e. The smallest absolute Gasteiger partial charge is 0.0173 e. The maximum atomic E-state index is 2.90. The van der Waals surface area contributed by atoms with Crippen molar-refractivity contribution in [3.05, 3.63) is 35.4 Å². The summed E-state index contributed by atoms with van der Waals surface area (Å²) in [6.07, 6.45) is 11.6. The van der Waals surface area contributed by atoms with Gasteiger partial charge in [-0.15, -0.1) is 0 Å². The molecule has 0 spiro atoms. The van der Waals surface area contributed by atoms with Gasteiger partial charge in [-0.2, -0.15) is 0 Å². The van der Waals surface area contributed by atoms with E-state index in [1.165, 1.54) is 64.5 Å². The topological polar surface area (TPSA) is 3.24 Å². The van der Waals surface area contributed by atoms with Crippen LogP contribution >= 0.6 is 0 Å². The van der Waals surface area contributed by atoms with Gasteiger partial charge in [-0.05, 0) is 68.0 Å². The number of nitrogens with zero attached hydrogens (tertiary/aromatic N) is 1. The van der Waals surface area contributed by atoms with Crippen LogP contribution in [0.1, 0.15) is 56.1 Å². The molecular weight excluding hydrogens is 254 g/mol. The second kappa shape index (κ2) is 4.59. The van der Waals surface area contributed by atoms with Gasteiger partial charge in [0, 0.05) is 18.0 Å². The summed E-state index contributed by atoms with van der Waals surface area (Å²) in [5.74, 6) is 1.99. The van der Waals surface area contributed by atoms with Crippen LogP contribution in [0.15, 0.2) is 24.3 Å². The van der Waals surface area contributed by atoms with Gasteiger partial charge >= 0.3 is 0 Å². The summed E-state index contributed by atoms with van der Waals surface area (Å²) < 4.78 is 0. The van der Waals surface area contributed by atoms with Crippen LogP contribution in [0.25, 0.3) is 0 Å². The molecular formula is C20H27N. The Hall–Kier alpha value is -0.820.